The van der Waals surface area contributed by atoms with Gasteiger partial charge in [0.05, 0.1) is 25.4 Å². The fraction of sp³-hybridized carbons (Fsp3) is 0.533. The molecule has 0 bridgehead atoms. The van der Waals surface area contributed by atoms with Crippen molar-refractivity contribution < 1.29 is 14.3 Å². The van der Waals surface area contributed by atoms with Crippen molar-refractivity contribution in [3.63, 3.8) is 0 Å². The number of ether oxygens (including phenoxy) is 2. The second-order valence-corrected chi connectivity index (χ2v) is 5.20. The minimum Gasteiger partial charge on any atom is -0.371 e. The van der Waals surface area contributed by atoms with E-state index in [9.17, 15) is 4.79 Å². The van der Waals surface area contributed by atoms with Crippen molar-refractivity contribution in [2.45, 2.75) is 25.0 Å². The van der Waals surface area contributed by atoms with Crippen LogP contribution < -0.4 is 0 Å². The fourth-order valence-electron chi connectivity index (χ4n) is 2.17. The summed E-state index contributed by atoms with van der Waals surface area (Å²) >= 11 is 0. The molecule has 0 aromatic heterocycles. The maximum absolute atomic E-state index is 12.3. The van der Waals surface area contributed by atoms with Crippen LogP contribution >= 0.6 is 0 Å². The second-order valence-electron chi connectivity index (χ2n) is 5.20. The van der Waals surface area contributed by atoms with Gasteiger partial charge in [-0.3, -0.25) is 4.79 Å². The van der Waals surface area contributed by atoms with Crippen LogP contribution in [0.5, 0.6) is 0 Å². The molecule has 1 amide bonds. The number of hydrogen-bond acceptors (Lipinski definition) is 3. The quantitative estimate of drug-likeness (QED) is 0.694. The number of epoxide rings is 2. The Morgan fingerprint density at radius 1 is 1.11 bits per heavy atom. The minimum atomic E-state index is 0.204. The van der Waals surface area contributed by atoms with Gasteiger partial charge in [0.2, 0.25) is 5.91 Å². The van der Waals surface area contributed by atoms with Crippen LogP contribution in [-0.4, -0.2) is 49.3 Å². The molecule has 2 fully saturated rings. The molecule has 1 aromatic carbocycles. The highest BCUT2D eigenvalue weighted by Gasteiger charge is 2.32. The highest BCUT2D eigenvalue weighted by atomic mass is 16.6. The summed E-state index contributed by atoms with van der Waals surface area (Å²) in [4.78, 5) is 14.2. The van der Waals surface area contributed by atoms with Gasteiger partial charge in [0.15, 0.2) is 0 Å². The fourth-order valence-corrected chi connectivity index (χ4v) is 2.17. The standard InChI is InChI=1S/C15H19NO3/c17-15(7-6-12-4-2-1-3-5-12)16(8-13-10-18-13)9-14-11-19-14/h1-5,13-14H,6-11H2. The molecule has 3 rings (SSSR count). The lowest BCUT2D eigenvalue weighted by molar-refractivity contribution is -0.131. The van der Waals surface area contributed by atoms with Crippen LogP contribution in [0, 0.1) is 0 Å². The highest BCUT2D eigenvalue weighted by Crippen LogP contribution is 2.17. The molecule has 2 heterocycles. The molecule has 19 heavy (non-hydrogen) atoms. The average Bonchev–Trinajstić information content (AvgIpc) is 3.31. The average molecular weight is 261 g/mol. The third kappa shape index (κ3) is 4.04. The van der Waals surface area contributed by atoms with Crippen LogP contribution in [0.15, 0.2) is 30.3 Å². The zero-order valence-corrected chi connectivity index (χ0v) is 11.0. The molecule has 0 N–H and O–H groups in total. The number of nitrogens with zero attached hydrogens (tertiary/aromatic N) is 1. The number of aryl methyl sites for hydroxylation is 1. The Morgan fingerprint density at radius 3 is 2.21 bits per heavy atom. The minimum absolute atomic E-state index is 0.204. The number of rotatable bonds is 7. The van der Waals surface area contributed by atoms with Crippen molar-refractivity contribution in [3.8, 4) is 0 Å². The zero-order valence-electron chi connectivity index (χ0n) is 11.0. The molecule has 2 atom stereocenters. The number of carbonyl (C=O) groups is 1. The molecule has 1 aromatic rings. The van der Waals surface area contributed by atoms with Crippen molar-refractivity contribution in [1.29, 1.82) is 0 Å². The van der Waals surface area contributed by atoms with Gasteiger partial charge in [-0.25, -0.2) is 0 Å². The summed E-state index contributed by atoms with van der Waals surface area (Å²) in [6.45, 7) is 3.00. The maximum atomic E-state index is 12.3. The van der Waals surface area contributed by atoms with E-state index in [2.05, 4.69) is 12.1 Å². The van der Waals surface area contributed by atoms with E-state index in [1.807, 2.05) is 23.1 Å². The van der Waals surface area contributed by atoms with Crippen LogP contribution in [0.25, 0.3) is 0 Å². The van der Waals surface area contributed by atoms with Gasteiger partial charge in [-0.2, -0.15) is 0 Å². The van der Waals surface area contributed by atoms with E-state index in [0.29, 0.717) is 19.5 Å². The SMILES string of the molecule is O=C(CCc1ccccc1)N(CC1CO1)CC1CO1. The van der Waals surface area contributed by atoms with Gasteiger partial charge in [-0.1, -0.05) is 30.3 Å². The normalized spacial score (nSPS) is 24.0. The van der Waals surface area contributed by atoms with Crippen molar-refractivity contribution in [1.82, 2.24) is 4.90 Å². The van der Waals surface area contributed by atoms with Crippen molar-refractivity contribution in [2.75, 3.05) is 26.3 Å². The molecule has 0 radical (unpaired) electrons. The zero-order chi connectivity index (χ0) is 13.1. The van der Waals surface area contributed by atoms with Gasteiger partial charge in [0, 0.05) is 19.5 Å². The van der Waals surface area contributed by atoms with Crippen LogP contribution in [0.2, 0.25) is 0 Å². The largest absolute Gasteiger partial charge is 0.371 e. The van der Waals surface area contributed by atoms with Crippen molar-refractivity contribution in [2.24, 2.45) is 0 Å². The maximum Gasteiger partial charge on any atom is 0.223 e. The van der Waals surface area contributed by atoms with Gasteiger partial charge in [0.1, 0.15) is 0 Å². The predicted molar refractivity (Wildman–Crippen MR) is 70.8 cm³/mol. The van der Waals surface area contributed by atoms with Crippen LogP contribution in [0.1, 0.15) is 12.0 Å². The third-order valence-electron chi connectivity index (χ3n) is 3.48. The van der Waals surface area contributed by atoms with Crippen molar-refractivity contribution in [3.05, 3.63) is 35.9 Å². The lowest BCUT2D eigenvalue weighted by Gasteiger charge is -2.21. The Hall–Kier alpha value is -1.39. The topological polar surface area (TPSA) is 45.4 Å². The molecule has 0 spiro atoms. The molecule has 102 valence electrons. The predicted octanol–water partition coefficient (Wildman–Crippen LogP) is 1.25. The molecule has 2 aliphatic rings. The summed E-state index contributed by atoms with van der Waals surface area (Å²) in [5.41, 5.74) is 1.21. The smallest absolute Gasteiger partial charge is 0.223 e. The summed E-state index contributed by atoms with van der Waals surface area (Å²) in [6.07, 6.45) is 1.86. The molecule has 4 nitrogen and oxygen atoms in total. The third-order valence-corrected chi connectivity index (χ3v) is 3.48. The van der Waals surface area contributed by atoms with Gasteiger partial charge < -0.3 is 14.4 Å². The van der Waals surface area contributed by atoms with Gasteiger partial charge in [-0.15, -0.1) is 0 Å². The Bertz CT molecular complexity index is 412. The highest BCUT2D eigenvalue weighted by molar-refractivity contribution is 5.76. The lowest BCUT2D eigenvalue weighted by atomic mass is 10.1. The van der Waals surface area contributed by atoms with Crippen LogP contribution in [0.4, 0.5) is 0 Å². The van der Waals surface area contributed by atoms with Gasteiger partial charge in [0.25, 0.3) is 0 Å². The van der Waals surface area contributed by atoms with E-state index in [1.54, 1.807) is 0 Å². The van der Waals surface area contributed by atoms with Gasteiger partial charge >= 0.3 is 0 Å². The Labute approximate surface area is 113 Å². The van der Waals surface area contributed by atoms with E-state index in [1.165, 1.54) is 5.56 Å². The lowest BCUT2D eigenvalue weighted by Crippen LogP contribution is -2.37. The van der Waals surface area contributed by atoms with Crippen LogP contribution in [-0.2, 0) is 20.7 Å². The summed E-state index contributed by atoms with van der Waals surface area (Å²) in [7, 11) is 0. The van der Waals surface area contributed by atoms with E-state index >= 15 is 0 Å². The summed E-state index contributed by atoms with van der Waals surface area (Å²) < 4.78 is 10.4. The Kier molecular flexibility index (Phi) is 3.80. The van der Waals surface area contributed by atoms with E-state index in [4.69, 9.17) is 9.47 Å². The first-order valence-corrected chi connectivity index (χ1v) is 6.86. The number of carbonyl (C=O) groups excluding carboxylic acids is 1. The van der Waals surface area contributed by atoms with Crippen molar-refractivity contribution >= 4 is 5.91 Å². The molecule has 2 unspecified atom stereocenters. The first-order valence-electron chi connectivity index (χ1n) is 6.86. The molecular weight excluding hydrogens is 242 g/mol. The summed E-state index contributed by atoms with van der Waals surface area (Å²) in [5.74, 6) is 0.204. The number of amides is 1. The Balaban J connectivity index is 1.50. The first-order chi connectivity index (χ1) is 9.31. The Morgan fingerprint density at radius 2 is 1.68 bits per heavy atom. The molecular formula is C15H19NO3. The molecule has 2 saturated heterocycles. The van der Waals surface area contributed by atoms with Gasteiger partial charge in [-0.05, 0) is 12.0 Å². The molecule has 2 aliphatic heterocycles. The molecule has 0 aliphatic carbocycles. The molecule has 0 saturated carbocycles. The summed E-state index contributed by atoms with van der Waals surface area (Å²) in [5, 5.41) is 0. The first kappa shape index (κ1) is 12.6. The molecule has 4 heteroatoms. The number of hydrogen-bond donors (Lipinski definition) is 0. The van der Waals surface area contributed by atoms with E-state index < -0.39 is 0 Å². The number of benzene rings is 1. The second kappa shape index (κ2) is 5.72. The monoisotopic (exact) mass is 261 g/mol. The van der Waals surface area contributed by atoms with Crippen LogP contribution in [0.3, 0.4) is 0 Å². The van der Waals surface area contributed by atoms with E-state index in [-0.39, 0.29) is 18.1 Å². The van der Waals surface area contributed by atoms with E-state index in [0.717, 1.165) is 19.6 Å². The summed E-state index contributed by atoms with van der Waals surface area (Å²) in [6, 6.07) is 10.1.